The number of hydrogen-bond acceptors (Lipinski definition) is 5. The van der Waals surface area contributed by atoms with Gasteiger partial charge in [-0.25, -0.2) is 14.3 Å². The van der Waals surface area contributed by atoms with Crippen molar-refractivity contribution in [3.63, 3.8) is 0 Å². The number of nitrogens with zero attached hydrogens (tertiary/aromatic N) is 2. The topological polar surface area (TPSA) is 93.8 Å². The highest BCUT2D eigenvalue weighted by Crippen LogP contribution is 2.24. The standard InChI is InChI=1S/C23H18Cl2N2O5/c24-15-9-14(10-16(25)11-15)12-31-17-5-7-18(8-6-17)32-13-21(28)22-26-19-3-1-2-4-20(19)27(22)23(29)30/h1-11,21,28H,12-13H2,(H,29,30). The zero-order valence-electron chi connectivity index (χ0n) is 16.6. The van der Waals surface area contributed by atoms with Crippen LogP contribution in [-0.2, 0) is 6.61 Å². The number of imidazole rings is 1. The average molecular weight is 473 g/mol. The van der Waals surface area contributed by atoms with Crippen LogP contribution in [0, 0.1) is 0 Å². The number of ether oxygens (including phenoxy) is 2. The van der Waals surface area contributed by atoms with Crippen molar-refractivity contribution in [2.75, 3.05) is 6.61 Å². The number of benzene rings is 3. The van der Waals surface area contributed by atoms with Crippen LogP contribution in [-0.4, -0.2) is 32.5 Å². The fourth-order valence-electron chi connectivity index (χ4n) is 3.21. The molecule has 0 fully saturated rings. The van der Waals surface area contributed by atoms with Gasteiger partial charge in [-0.2, -0.15) is 0 Å². The van der Waals surface area contributed by atoms with E-state index in [1.807, 2.05) is 0 Å². The normalized spacial score (nSPS) is 12.0. The summed E-state index contributed by atoms with van der Waals surface area (Å²) in [6.45, 7) is 0.127. The Bertz CT molecular complexity index is 1240. The van der Waals surface area contributed by atoms with E-state index in [0.717, 1.165) is 10.1 Å². The first kappa shape index (κ1) is 22.0. The second kappa shape index (κ2) is 9.48. The van der Waals surface area contributed by atoms with Crippen LogP contribution in [0.15, 0.2) is 66.7 Å². The van der Waals surface area contributed by atoms with E-state index >= 15 is 0 Å². The third-order valence-corrected chi connectivity index (χ3v) is 5.07. The van der Waals surface area contributed by atoms with Gasteiger partial charge in [-0.3, -0.25) is 0 Å². The quantitative estimate of drug-likeness (QED) is 0.365. The molecule has 0 spiro atoms. The van der Waals surface area contributed by atoms with Gasteiger partial charge in [0.05, 0.1) is 11.0 Å². The molecule has 164 valence electrons. The van der Waals surface area contributed by atoms with E-state index in [-0.39, 0.29) is 12.4 Å². The molecule has 0 amide bonds. The third kappa shape index (κ3) is 4.96. The summed E-state index contributed by atoms with van der Waals surface area (Å²) in [4.78, 5) is 15.9. The molecule has 1 aromatic heterocycles. The van der Waals surface area contributed by atoms with E-state index in [1.54, 1.807) is 66.7 Å². The summed E-state index contributed by atoms with van der Waals surface area (Å²) < 4.78 is 12.3. The number of para-hydroxylation sites is 2. The summed E-state index contributed by atoms with van der Waals surface area (Å²) in [5.74, 6) is 1.10. The Balaban J connectivity index is 1.38. The molecule has 0 bridgehead atoms. The number of rotatable bonds is 7. The molecule has 1 unspecified atom stereocenters. The fourth-order valence-corrected chi connectivity index (χ4v) is 3.78. The molecular weight excluding hydrogens is 455 g/mol. The maximum atomic E-state index is 11.7. The second-order valence-electron chi connectivity index (χ2n) is 6.94. The summed E-state index contributed by atoms with van der Waals surface area (Å²) >= 11 is 12.0. The first-order valence-corrected chi connectivity index (χ1v) is 10.4. The number of halogens is 2. The number of fused-ring (bicyclic) bond motifs is 1. The van der Waals surface area contributed by atoms with Crippen molar-refractivity contribution >= 4 is 40.3 Å². The smallest absolute Gasteiger partial charge is 0.417 e. The Morgan fingerprint density at radius 3 is 2.25 bits per heavy atom. The van der Waals surface area contributed by atoms with E-state index in [1.165, 1.54) is 0 Å². The van der Waals surface area contributed by atoms with Crippen LogP contribution in [0.3, 0.4) is 0 Å². The van der Waals surface area contributed by atoms with Crippen molar-refractivity contribution < 1.29 is 24.5 Å². The van der Waals surface area contributed by atoms with Crippen LogP contribution in [0.4, 0.5) is 4.79 Å². The summed E-state index contributed by atoms with van der Waals surface area (Å²) in [6.07, 6.45) is -2.46. The second-order valence-corrected chi connectivity index (χ2v) is 7.81. The SMILES string of the molecule is O=C(O)n1c(C(O)COc2ccc(OCc3cc(Cl)cc(Cl)c3)cc2)nc2ccccc21. The summed E-state index contributed by atoms with van der Waals surface area (Å²) in [5, 5.41) is 21.1. The van der Waals surface area contributed by atoms with Crippen LogP contribution in [0.25, 0.3) is 11.0 Å². The first-order chi connectivity index (χ1) is 15.4. The number of aromatic nitrogens is 2. The van der Waals surface area contributed by atoms with Crippen molar-refractivity contribution in [2.24, 2.45) is 0 Å². The fraction of sp³-hybridized carbons (Fsp3) is 0.130. The molecular formula is C23H18Cl2N2O5. The minimum absolute atomic E-state index is 0.00108. The molecule has 2 N–H and O–H groups in total. The molecule has 0 saturated heterocycles. The number of aliphatic hydroxyl groups excluding tert-OH is 1. The van der Waals surface area contributed by atoms with E-state index in [2.05, 4.69) is 4.98 Å². The Kier molecular flexibility index (Phi) is 6.50. The van der Waals surface area contributed by atoms with Crippen LogP contribution in [0.2, 0.25) is 10.0 Å². The van der Waals surface area contributed by atoms with E-state index in [9.17, 15) is 15.0 Å². The summed E-state index contributed by atoms with van der Waals surface area (Å²) in [6, 6.07) is 18.8. The molecule has 3 aromatic carbocycles. The van der Waals surface area contributed by atoms with Gasteiger partial charge in [0.1, 0.15) is 30.8 Å². The van der Waals surface area contributed by atoms with Crippen molar-refractivity contribution in [3.05, 3.63) is 88.2 Å². The van der Waals surface area contributed by atoms with Gasteiger partial charge in [0, 0.05) is 10.0 Å². The van der Waals surface area contributed by atoms with Gasteiger partial charge in [-0.05, 0) is 60.2 Å². The lowest BCUT2D eigenvalue weighted by Gasteiger charge is -2.13. The molecule has 0 aliphatic heterocycles. The first-order valence-electron chi connectivity index (χ1n) is 9.60. The minimum Gasteiger partial charge on any atom is -0.490 e. The third-order valence-electron chi connectivity index (χ3n) is 4.64. The van der Waals surface area contributed by atoms with Gasteiger partial charge in [0.15, 0.2) is 5.82 Å². The Morgan fingerprint density at radius 2 is 1.59 bits per heavy atom. The van der Waals surface area contributed by atoms with Gasteiger partial charge in [0.25, 0.3) is 0 Å². The molecule has 1 heterocycles. The highest BCUT2D eigenvalue weighted by atomic mass is 35.5. The molecule has 7 nitrogen and oxygen atoms in total. The molecule has 4 rings (SSSR count). The van der Waals surface area contributed by atoms with Gasteiger partial charge in [-0.15, -0.1) is 0 Å². The minimum atomic E-state index is -1.23. The Hall–Kier alpha value is -3.26. The van der Waals surface area contributed by atoms with Crippen molar-refractivity contribution in [1.82, 2.24) is 9.55 Å². The molecule has 0 aliphatic rings. The Labute approximate surface area is 193 Å². The molecule has 9 heteroatoms. The van der Waals surface area contributed by atoms with Gasteiger partial charge >= 0.3 is 6.09 Å². The number of carbonyl (C=O) groups is 1. The van der Waals surface area contributed by atoms with Gasteiger partial charge in [0.2, 0.25) is 0 Å². The van der Waals surface area contributed by atoms with Crippen molar-refractivity contribution in [1.29, 1.82) is 0 Å². The monoisotopic (exact) mass is 472 g/mol. The predicted octanol–water partition coefficient (Wildman–Crippen LogP) is 5.56. The van der Waals surface area contributed by atoms with Crippen LogP contribution in [0.1, 0.15) is 17.5 Å². The Morgan fingerprint density at radius 1 is 0.969 bits per heavy atom. The van der Waals surface area contributed by atoms with Crippen LogP contribution in [0.5, 0.6) is 11.5 Å². The lowest BCUT2D eigenvalue weighted by Crippen LogP contribution is -2.19. The summed E-state index contributed by atoms with van der Waals surface area (Å²) in [5.41, 5.74) is 1.72. The van der Waals surface area contributed by atoms with Crippen LogP contribution < -0.4 is 9.47 Å². The van der Waals surface area contributed by atoms with Crippen molar-refractivity contribution in [2.45, 2.75) is 12.7 Å². The predicted molar refractivity (Wildman–Crippen MR) is 121 cm³/mol. The largest absolute Gasteiger partial charge is 0.490 e. The number of aliphatic hydroxyl groups is 1. The van der Waals surface area contributed by atoms with Gasteiger partial charge in [-0.1, -0.05) is 35.3 Å². The molecule has 4 aromatic rings. The lowest BCUT2D eigenvalue weighted by molar-refractivity contribution is 0.0975. The zero-order chi connectivity index (χ0) is 22.7. The number of carboxylic acid groups (broad SMARTS) is 1. The van der Waals surface area contributed by atoms with Crippen LogP contribution >= 0.6 is 23.2 Å². The highest BCUT2D eigenvalue weighted by Gasteiger charge is 2.22. The van der Waals surface area contributed by atoms with E-state index < -0.39 is 12.2 Å². The van der Waals surface area contributed by atoms with Gasteiger partial charge < -0.3 is 19.7 Å². The molecule has 32 heavy (non-hydrogen) atoms. The zero-order valence-corrected chi connectivity index (χ0v) is 18.1. The average Bonchev–Trinajstić information content (AvgIpc) is 3.16. The summed E-state index contributed by atoms with van der Waals surface area (Å²) in [7, 11) is 0. The highest BCUT2D eigenvalue weighted by molar-refractivity contribution is 6.34. The molecule has 0 radical (unpaired) electrons. The molecule has 0 aliphatic carbocycles. The maximum absolute atomic E-state index is 11.7. The van der Waals surface area contributed by atoms with E-state index in [4.69, 9.17) is 32.7 Å². The number of hydrogen-bond donors (Lipinski definition) is 2. The van der Waals surface area contributed by atoms with Crippen molar-refractivity contribution in [3.8, 4) is 11.5 Å². The molecule has 1 atom stereocenters. The van der Waals surface area contributed by atoms with E-state index in [0.29, 0.717) is 39.2 Å². The maximum Gasteiger partial charge on any atom is 0.417 e. The lowest BCUT2D eigenvalue weighted by atomic mass is 10.2. The molecule has 0 saturated carbocycles.